The lowest BCUT2D eigenvalue weighted by Crippen LogP contribution is -2.44. The van der Waals surface area contributed by atoms with Crippen molar-refractivity contribution in [1.29, 1.82) is 0 Å². The molecule has 4 heterocycles. The van der Waals surface area contributed by atoms with Gasteiger partial charge in [-0.1, -0.05) is 42.5 Å². The number of carbonyl (C=O) groups is 2. The second-order valence-electron chi connectivity index (χ2n) is 12.7. The summed E-state index contributed by atoms with van der Waals surface area (Å²) in [6.45, 7) is 5.54. The molecule has 3 aromatic carbocycles. The van der Waals surface area contributed by atoms with Crippen LogP contribution >= 0.6 is 0 Å². The van der Waals surface area contributed by atoms with Crippen molar-refractivity contribution < 1.29 is 28.3 Å². The standard InChI is InChI=1S/C34H36FN5O5Si/c1-22-32(46(2,3)35)30(15-17-38-20-23(16-18-41)36-37-38)45-34(22)26-19-25(39-28-11-7-8-12-29(28)44-21-31(39)42)13-14-27(26)40(33(34)43)24-9-5-4-6-10-24/h4-14,19-20,22,30,32,41H,15-18,21H2,1-3H3/t22-,30+,32-,34+/m0/s1. The van der Waals surface area contributed by atoms with Crippen LogP contribution in [0.25, 0.3) is 0 Å². The minimum atomic E-state index is -3.40. The molecule has 1 spiro atoms. The minimum absolute atomic E-state index is 0.0305. The highest BCUT2D eigenvalue weighted by Crippen LogP contribution is 2.61. The quantitative estimate of drug-likeness (QED) is 0.202. The van der Waals surface area contributed by atoms with Gasteiger partial charge in [0.2, 0.25) is 8.41 Å². The highest BCUT2D eigenvalue weighted by molar-refractivity contribution is 6.72. The van der Waals surface area contributed by atoms with Gasteiger partial charge in [-0.2, -0.15) is 0 Å². The summed E-state index contributed by atoms with van der Waals surface area (Å²) in [5, 5.41) is 17.6. The molecule has 0 unspecified atom stereocenters. The van der Waals surface area contributed by atoms with E-state index < -0.39 is 31.6 Å². The maximum atomic E-state index is 16.4. The van der Waals surface area contributed by atoms with Gasteiger partial charge in [0.05, 0.1) is 23.2 Å². The number of rotatable bonds is 8. The Morgan fingerprint density at radius 2 is 1.76 bits per heavy atom. The maximum absolute atomic E-state index is 16.4. The summed E-state index contributed by atoms with van der Waals surface area (Å²) in [6, 6.07) is 22.2. The molecule has 0 radical (unpaired) electrons. The number of fused-ring (bicyclic) bond motifs is 3. The van der Waals surface area contributed by atoms with E-state index in [0.717, 1.165) is 0 Å². The molecular weight excluding hydrogens is 605 g/mol. The Kier molecular flexibility index (Phi) is 7.53. The van der Waals surface area contributed by atoms with E-state index in [9.17, 15) is 14.7 Å². The lowest BCUT2D eigenvalue weighted by atomic mass is 9.82. The number of hydrogen-bond acceptors (Lipinski definition) is 7. The van der Waals surface area contributed by atoms with Crippen LogP contribution in [0.15, 0.2) is 79.0 Å². The topological polar surface area (TPSA) is 110 Å². The minimum Gasteiger partial charge on any atom is -0.482 e. The van der Waals surface area contributed by atoms with Crippen LogP contribution in [-0.2, 0) is 32.9 Å². The molecule has 12 heteroatoms. The van der Waals surface area contributed by atoms with Crippen molar-refractivity contribution in [2.45, 2.75) is 56.7 Å². The second kappa shape index (κ2) is 11.4. The van der Waals surface area contributed by atoms with E-state index in [1.165, 1.54) is 0 Å². The third kappa shape index (κ3) is 4.83. The zero-order valence-electron chi connectivity index (χ0n) is 26.0. The molecule has 4 atom stereocenters. The number of aliphatic hydroxyl groups excluding tert-OH is 1. The van der Waals surface area contributed by atoms with Crippen LogP contribution in [0.5, 0.6) is 5.75 Å². The van der Waals surface area contributed by atoms with E-state index in [2.05, 4.69) is 10.3 Å². The fourth-order valence-corrected chi connectivity index (χ4v) is 10.1. The highest BCUT2D eigenvalue weighted by Gasteiger charge is 2.67. The predicted octanol–water partition coefficient (Wildman–Crippen LogP) is 5.41. The molecule has 46 heavy (non-hydrogen) atoms. The van der Waals surface area contributed by atoms with E-state index >= 15 is 4.11 Å². The van der Waals surface area contributed by atoms with Gasteiger partial charge in [-0.25, -0.2) is 0 Å². The molecule has 10 nitrogen and oxygen atoms in total. The Balaban J connectivity index is 1.34. The average Bonchev–Trinajstić information content (AvgIpc) is 3.69. The van der Waals surface area contributed by atoms with Crippen LogP contribution in [-0.4, -0.2) is 59.6 Å². The lowest BCUT2D eigenvalue weighted by Gasteiger charge is -2.32. The van der Waals surface area contributed by atoms with Gasteiger partial charge in [-0.15, -0.1) is 5.10 Å². The predicted molar refractivity (Wildman–Crippen MR) is 173 cm³/mol. The van der Waals surface area contributed by atoms with E-state index in [0.29, 0.717) is 59.1 Å². The number of aryl methyl sites for hydroxylation is 1. The summed E-state index contributed by atoms with van der Waals surface area (Å²) in [6.07, 6.45) is 2.01. The summed E-state index contributed by atoms with van der Waals surface area (Å²) in [7, 11) is -3.40. The molecular formula is C34H36FN5O5Si. The first kappa shape index (κ1) is 30.3. The number of ether oxygens (including phenoxy) is 2. The van der Waals surface area contributed by atoms with Crippen molar-refractivity contribution in [2.24, 2.45) is 5.92 Å². The molecule has 3 aliphatic rings. The van der Waals surface area contributed by atoms with Gasteiger partial charge < -0.3 is 18.7 Å². The van der Waals surface area contributed by atoms with Crippen LogP contribution in [0.2, 0.25) is 18.6 Å². The third-order valence-corrected chi connectivity index (χ3v) is 11.9. The number of hydrogen-bond donors (Lipinski definition) is 1. The first-order chi connectivity index (χ1) is 22.1. The van der Waals surface area contributed by atoms with E-state index in [1.54, 1.807) is 33.8 Å². The fraction of sp³-hybridized carbons (Fsp3) is 0.353. The van der Waals surface area contributed by atoms with Gasteiger partial charge in [0.15, 0.2) is 12.2 Å². The van der Waals surface area contributed by atoms with Crippen LogP contribution in [0, 0.1) is 5.92 Å². The van der Waals surface area contributed by atoms with Crippen molar-refractivity contribution >= 4 is 43.0 Å². The van der Waals surface area contributed by atoms with E-state index in [1.807, 2.05) is 79.7 Å². The Morgan fingerprint density at radius 1 is 1.00 bits per heavy atom. The molecule has 1 N–H and O–H groups in total. The first-order valence-corrected chi connectivity index (χ1v) is 18.5. The number of nitrogens with zero attached hydrogens (tertiary/aromatic N) is 5. The monoisotopic (exact) mass is 641 g/mol. The molecule has 1 fully saturated rings. The van der Waals surface area contributed by atoms with Crippen molar-refractivity contribution in [3.8, 4) is 5.75 Å². The van der Waals surface area contributed by atoms with Gasteiger partial charge in [0.25, 0.3) is 11.8 Å². The first-order valence-electron chi connectivity index (χ1n) is 15.6. The zero-order chi connectivity index (χ0) is 32.2. The van der Waals surface area contributed by atoms with Crippen molar-refractivity contribution in [2.75, 3.05) is 23.0 Å². The number of benzene rings is 3. The smallest absolute Gasteiger partial charge is 0.269 e. The van der Waals surface area contributed by atoms with Crippen LogP contribution in [0.3, 0.4) is 0 Å². The molecule has 0 bridgehead atoms. The summed E-state index contributed by atoms with van der Waals surface area (Å²) < 4.78 is 30.7. The van der Waals surface area contributed by atoms with Crippen molar-refractivity contribution in [3.05, 3.63) is 90.3 Å². The number of aliphatic hydroxyl groups is 1. The third-order valence-electron chi connectivity index (χ3n) is 9.43. The van der Waals surface area contributed by atoms with E-state index in [-0.39, 0.29) is 25.0 Å². The number of anilines is 4. The van der Waals surface area contributed by atoms with Gasteiger partial charge >= 0.3 is 0 Å². The summed E-state index contributed by atoms with van der Waals surface area (Å²) >= 11 is 0. The van der Waals surface area contributed by atoms with Crippen molar-refractivity contribution in [3.63, 3.8) is 0 Å². The number of halogens is 1. The molecule has 1 aromatic heterocycles. The molecule has 7 rings (SSSR count). The normalized spacial score (nSPS) is 24.0. The fourth-order valence-electron chi connectivity index (χ4n) is 7.52. The highest BCUT2D eigenvalue weighted by atomic mass is 28.4. The number of carbonyl (C=O) groups excluding carboxylic acids is 2. The summed E-state index contributed by atoms with van der Waals surface area (Å²) in [5.41, 5.74) is 1.80. The van der Waals surface area contributed by atoms with Gasteiger partial charge in [0.1, 0.15) is 5.75 Å². The largest absolute Gasteiger partial charge is 0.482 e. The second-order valence-corrected chi connectivity index (χ2v) is 16.5. The average molecular weight is 642 g/mol. The molecule has 3 aliphatic heterocycles. The van der Waals surface area contributed by atoms with Crippen molar-refractivity contribution in [1.82, 2.24) is 15.0 Å². The maximum Gasteiger partial charge on any atom is 0.269 e. The molecule has 2 amide bonds. The Hall–Kier alpha value is -4.39. The number of aromatic nitrogens is 3. The lowest BCUT2D eigenvalue weighted by molar-refractivity contribution is -0.145. The number of amides is 2. The summed E-state index contributed by atoms with van der Waals surface area (Å²) in [4.78, 5) is 31.4. The molecule has 0 aliphatic carbocycles. The van der Waals surface area contributed by atoms with E-state index in [4.69, 9.17) is 9.47 Å². The van der Waals surface area contributed by atoms with Crippen LogP contribution < -0.4 is 14.5 Å². The molecule has 4 aromatic rings. The number of para-hydroxylation sites is 3. The van der Waals surface area contributed by atoms with Gasteiger partial charge in [0, 0.05) is 54.2 Å². The SMILES string of the molecule is C[C@H]1[C@H]([Si](C)(C)F)[C@@H](CCn2cc(CCO)nn2)O[C@]12C(=O)N(c1ccccc1)c1ccc(N3C(=O)COc4ccccc43)cc12. The van der Waals surface area contributed by atoms with Crippen LogP contribution in [0.1, 0.15) is 24.6 Å². The summed E-state index contributed by atoms with van der Waals surface area (Å²) in [5.74, 6) is -0.430. The Labute approximate surface area is 267 Å². The van der Waals surface area contributed by atoms with Gasteiger partial charge in [-0.05, 0) is 62.0 Å². The zero-order valence-corrected chi connectivity index (χ0v) is 27.0. The molecule has 238 valence electrons. The molecule has 1 saturated heterocycles. The van der Waals surface area contributed by atoms with Crippen LogP contribution in [0.4, 0.5) is 26.9 Å². The van der Waals surface area contributed by atoms with Gasteiger partial charge in [-0.3, -0.25) is 24.1 Å². The Bertz CT molecular complexity index is 1800. The molecule has 0 saturated carbocycles. The Morgan fingerprint density at radius 3 is 2.52 bits per heavy atom.